The Hall–Kier alpha value is -4.60. The third-order valence-electron chi connectivity index (χ3n) is 9.49. The molecule has 2 bridgehead atoms. The Morgan fingerprint density at radius 3 is 2.52 bits per heavy atom. The number of piperazine rings is 1. The number of carbonyl (C=O) groups excluding carboxylic acids is 1. The lowest BCUT2D eigenvalue weighted by Gasteiger charge is -2.42. The van der Waals surface area contributed by atoms with Gasteiger partial charge in [0.05, 0.1) is 29.1 Å². The lowest BCUT2D eigenvalue weighted by atomic mass is 9.96. The minimum absolute atomic E-state index is 0.00241. The molecular formula is C36H38F2N6O4. The highest BCUT2D eigenvalue weighted by Crippen LogP contribution is 2.39. The normalized spacial score (nSPS) is 22.8. The molecule has 0 radical (unpaired) electrons. The number of benzene rings is 2. The minimum Gasteiger partial charge on any atom is -0.462 e. The fraction of sp³-hybridized carbons (Fsp3) is 0.444. The Balaban J connectivity index is 1.31. The monoisotopic (exact) mass is 656 g/mol. The number of aromatic nitrogens is 3. The van der Waals surface area contributed by atoms with Crippen LogP contribution in [0.3, 0.4) is 0 Å². The summed E-state index contributed by atoms with van der Waals surface area (Å²) in [6, 6.07) is 7.76. The third kappa shape index (κ3) is 5.75. The molecule has 1 amide bonds. The van der Waals surface area contributed by atoms with E-state index < -0.39 is 23.3 Å². The van der Waals surface area contributed by atoms with Crippen LogP contribution in [0.1, 0.15) is 45.6 Å². The number of likely N-dealkylation sites (tertiary alicyclic amines) is 1. The molecule has 4 atom stereocenters. The Labute approximate surface area is 277 Å². The van der Waals surface area contributed by atoms with E-state index in [0.717, 1.165) is 12.8 Å². The molecule has 2 unspecified atom stereocenters. The quantitative estimate of drug-likeness (QED) is 0.293. The molecule has 3 aliphatic heterocycles. The number of nitrogens with zero attached hydrogens (tertiary/aromatic N) is 6. The van der Waals surface area contributed by atoms with Crippen LogP contribution in [-0.2, 0) is 4.74 Å². The summed E-state index contributed by atoms with van der Waals surface area (Å²) in [4.78, 5) is 32.9. The lowest BCUT2D eigenvalue weighted by Crippen LogP contribution is -2.57. The van der Waals surface area contributed by atoms with Crippen LogP contribution in [-0.4, -0.2) is 99.1 Å². The third-order valence-corrected chi connectivity index (χ3v) is 9.49. The average Bonchev–Trinajstić information content (AvgIpc) is 3.51. The fourth-order valence-electron chi connectivity index (χ4n) is 7.31. The molecule has 12 heteroatoms. The summed E-state index contributed by atoms with van der Waals surface area (Å²) in [7, 11) is 1.91. The topological polar surface area (TPSA) is 104 Å². The first kappa shape index (κ1) is 32.0. The van der Waals surface area contributed by atoms with Crippen molar-refractivity contribution in [1.29, 1.82) is 0 Å². The van der Waals surface area contributed by atoms with Gasteiger partial charge in [-0.25, -0.2) is 13.6 Å². The van der Waals surface area contributed by atoms with Crippen molar-refractivity contribution in [2.24, 2.45) is 0 Å². The molecule has 7 rings (SSSR count). The number of pyridine rings is 1. The Kier molecular flexibility index (Phi) is 8.08. The van der Waals surface area contributed by atoms with E-state index in [-0.39, 0.29) is 53.6 Å². The molecule has 3 fully saturated rings. The van der Waals surface area contributed by atoms with Gasteiger partial charge in [0.2, 0.25) is 0 Å². The molecule has 3 saturated heterocycles. The number of ether oxygens (including phenoxy) is 2. The Morgan fingerprint density at radius 1 is 1.10 bits per heavy atom. The first-order valence-corrected chi connectivity index (χ1v) is 16.2. The number of aliphatic hydroxyl groups excluding tert-OH is 1. The predicted molar refractivity (Wildman–Crippen MR) is 178 cm³/mol. The maximum absolute atomic E-state index is 16.8. The largest absolute Gasteiger partial charge is 0.462 e. The zero-order chi connectivity index (χ0) is 33.9. The van der Waals surface area contributed by atoms with Gasteiger partial charge in [0, 0.05) is 42.8 Å². The SMILES string of the molecule is C#Cc1c(F)ccc2cccc(-c3ncc4c(N5CC6CCC(C5)N6C(=O)OC(C)(C)C)nc(OC[C@@H]5C[C@@H](O)CN5C)nc4c3F)c12. The van der Waals surface area contributed by atoms with Gasteiger partial charge in [-0.3, -0.25) is 14.8 Å². The molecule has 0 spiro atoms. The highest BCUT2D eigenvalue weighted by molar-refractivity contribution is 6.02. The van der Waals surface area contributed by atoms with Gasteiger partial charge in [0.15, 0.2) is 5.82 Å². The van der Waals surface area contributed by atoms with Gasteiger partial charge >= 0.3 is 12.1 Å². The molecule has 1 N–H and O–H groups in total. The van der Waals surface area contributed by atoms with E-state index in [1.807, 2.05) is 42.5 Å². The average molecular weight is 657 g/mol. The van der Waals surface area contributed by atoms with Crippen LogP contribution in [0.2, 0.25) is 0 Å². The van der Waals surface area contributed by atoms with E-state index in [1.54, 1.807) is 24.3 Å². The summed E-state index contributed by atoms with van der Waals surface area (Å²) in [6.07, 6.45) is 8.57. The second-order valence-corrected chi connectivity index (χ2v) is 14.0. The van der Waals surface area contributed by atoms with Crippen molar-refractivity contribution in [3.63, 3.8) is 0 Å². The number of amides is 1. The van der Waals surface area contributed by atoms with E-state index in [9.17, 15) is 14.3 Å². The summed E-state index contributed by atoms with van der Waals surface area (Å²) in [5, 5.41) is 11.6. The number of terminal acetylenes is 1. The van der Waals surface area contributed by atoms with Crippen LogP contribution in [0.5, 0.6) is 6.01 Å². The molecule has 250 valence electrons. The predicted octanol–water partition coefficient (Wildman–Crippen LogP) is 5.14. The first-order chi connectivity index (χ1) is 22.9. The summed E-state index contributed by atoms with van der Waals surface area (Å²) < 4.78 is 43.5. The maximum atomic E-state index is 16.8. The number of β-amino-alcohol motifs (C(OH)–C–C–N with tert-alkyl or cyclic N) is 1. The molecule has 3 aliphatic rings. The van der Waals surface area contributed by atoms with E-state index in [2.05, 4.69) is 15.9 Å². The standard InChI is InChI=1S/C36H38F2N6O4/c1-6-25-28(37)13-10-20-8-7-9-26(29(20)25)31-30(38)32-27(15-39-31)33(41-34(40-32)47-19-23-14-24(45)18-42(23)5)43-16-21-11-12-22(17-43)44(21)35(46)48-36(2,3)4/h1,7-10,13,15,21-24,45H,11-12,14,16-19H2,2-5H3/t21?,22?,23-,24+/m0/s1. The smallest absolute Gasteiger partial charge is 0.410 e. The molecule has 10 nitrogen and oxygen atoms in total. The van der Waals surface area contributed by atoms with Gasteiger partial charge in [-0.2, -0.15) is 9.97 Å². The Morgan fingerprint density at radius 2 is 1.85 bits per heavy atom. The fourth-order valence-corrected chi connectivity index (χ4v) is 7.31. The van der Waals surface area contributed by atoms with E-state index in [0.29, 0.717) is 53.6 Å². The van der Waals surface area contributed by atoms with E-state index in [4.69, 9.17) is 20.9 Å². The van der Waals surface area contributed by atoms with Crippen molar-refractivity contribution in [3.8, 4) is 29.6 Å². The van der Waals surface area contributed by atoms with Crippen LogP contribution in [0.25, 0.3) is 32.9 Å². The van der Waals surface area contributed by atoms with Crippen LogP contribution in [0, 0.1) is 24.0 Å². The van der Waals surface area contributed by atoms with Gasteiger partial charge in [-0.15, -0.1) is 6.42 Å². The number of halogens is 2. The molecule has 0 aliphatic carbocycles. The van der Waals surface area contributed by atoms with Gasteiger partial charge < -0.3 is 19.5 Å². The number of rotatable bonds is 5. The molecule has 0 saturated carbocycles. The van der Waals surface area contributed by atoms with Gasteiger partial charge in [0.1, 0.15) is 35.1 Å². The molecule has 2 aromatic carbocycles. The highest BCUT2D eigenvalue weighted by atomic mass is 19.1. The van der Waals surface area contributed by atoms with Crippen LogP contribution < -0.4 is 9.64 Å². The van der Waals surface area contributed by atoms with Crippen molar-refractivity contribution in [3.05, 3.63) is 53.7 Å². The maximum Gasteiger partial charge on any atom is 0.410 e. The number of hydrogen-bond donors (Lipinski definition) is 1. The highest BCUT2D eigenvalue weighted by Gasteiger charge is 2.45. The second kappa shape index (κ2) is 12.1. The molecule has 5 heterocycles. The number of likely N-dealkylation sites (N-methyl/N-ethyl adjacent to an activating group) is 1. The van der Waals surface area contributed by atoms with Gasteiger partial charge in [0.25, 0.3) is 0 Å². The first-order valence-electron chi connectivity index (χ1n) is 16.2. The van der Waals surface area contributed by atoms with Crippen LogP contribution in [0.4, 0.5) is 19.4 Å². The Bertz CT molecular complexity index is 1950. The second-order valence-electron chi connectivity index (χ2n) is 14.0. The molecule has 2 aromatic heterocycles. The van der Waals surface area contributed by atoms with Crippen molar-refractivity contribution in [1.82, 2.24) is 24.8 Å². The van der Waals surface area contributed by atoms with Crippen molar-refractivity contribution < 1.29 is 28.2 Å². The number of aliphatic hydroxyl groups is 1. The van der Waals surface area contributed by atoms with Crippen molar-refractivity contribution in [2.45, 2.75) is 69.9 Å². The summed E-state index contributed by atoms with van der Waals surface area (Å²) in [5.41, 5.74) is -0.286. The molecular weight excluding hydrogens is 618 g/mol. The van der Waals surface area contributed by atoms with Gasteiger partial charge in [-0.05, 0) is 58.5 Å². The summed E-state index contributed by atoms with van der Waals surface area (Å²) >= 11 is 0. The van der Waals surface area contributed by atoms with Crippen LogP contribution >= 0.6 is 0 Å². The van der Waals surface area contributed by atoms with Crippen LogP contribution in [0.15, 0.2) is 36.5 Å². The number of carbonyl (C=O) groups is 1. The minimum atomic E-state index is -0.718. The lowest BCUT2D eigenvalue weighted by molar-refractivity contribution is 0.0122. The number of anilines is 1. The van der Waals surface area contributed by atoms with Gasteiger partial charge in [-0.1, -0.05) is 30.2 Å². The summed E-state index contributed by atoms with van der Waals surface area (Å²) in [6.45, 7) is 7.17. The summed E-state index contributed by atoms with van der Waals surface area (Å²) in [5.74, 6) is 1.56. The molecule has 48 heavy (non-hydrogen) atoms. The van der Waals surface area contributed by atoms with Crippen molar-refractivity contribution in [2.75, 3.05) is 38.2 Å². The zero-order valence-corrected chi connectivity index (χ0v) is 27.4. The number of fused-ring (bicyclic) bond motifs is 4. The molecule has 4 aromatic rings. The van der Waals surface area contributed by atoms with E-state index in [1.165, 1.54) is 12.3 Å². The van der Waals surface area contributed by atoms with E-state index >= 15 is 4.39 Å². The number of hydrogen-bond acceptors (Lipinski definition) is 9. The zero-order valence-electron chi connectivity index (χ0n) is 27.4. The van der Waals surface area contributed by atoms with Crippen molar-refractivity contribution >= 4 is 33.6 Å².